The molecule has 0 amide bonds. The fourth-order valence-electron chi connectivity index (χ4n) is 11.5. The second kappa shape index (κ2) is 67.2. The van der Waals surface area contributed by atoms with Crippen molar-refractivity contribution in [3.05, 3.63) is 0 Å². The molecular formula is C75H145N9O8. The van der Waals surface area contributed by atoms with Gasteiger partial charge in [-0.15, -0.1) is 0 Å². The van der Waals surface area contributed by atoms with Crippen molar-refractivity contribution in [3.8, 4) is 0 Å². The summed E-state index contributed by atoms with van der Waals surface area (Å²) in [5.41, 5.74) is 0. The third-order valence-electron chi connectivity index (χ3n) is 17.7. The van der Waals surface area contributed by atoms with Gasteiger partial charge in [-0.2, -0.15) is 15.0 Å². The van der Waals surface area contributed by atoms with E-state index < -0.39 is 0 Å². The van der Waals surface area contributed by atoms with Crippen LogP contribution in [0.4, 0.5) is 17.8 Å². The summed E-state index contributed by atoms with van der Waals surface area (Å²) in [7, 11) is 0. The van der Waals surface area contributed by atoms with E-state index in [2.05, 4.69) is 72.2 Å². The Labute approximate surface area is 564 Å². The van der Waals surface area contributed by atoms with Crippen molar-refractivity contribution < 1.29 is 38.1 Å². The maximum atomic E-state index is 13.0. The van der Waals surface area contributed by atoms with E-state index in [4.69, 9.17) is 33.9 Å². The fraction of sp³-hybridized carbons (Fsp3) is 0.907. The van der Waals surface area contributed by atoms with Gasteiger partial charge < -0.3 is 49.6 Å². The number of unbranched alkanes of at least 4 members (excludes halogenated alkanes) is 36. The van der Waals surface area contributed by atoms with Crippen molar-refractivity contribution in [1.29, 1.82) is 0 Å². The third kappa shape index (κ3) is 57.6. The van der Waals surface area contributed by atoms with Crippen molar-refractivity contribution in [2.75, 3.05) is 121 Å². The molecule has 0 saturated carbocycles. The van der Waals surface area contributed by atoms with Crippen LogP contribution in [-0.2, 0) is 38.1 Å². The lowest BCUT2D eigenvalue weighted by molar-refractivity contribution is -0.146. The number of carbonyl (C=O) groups is 4. The summed E-state index contributed by atoms with van der Waals surface area (Å²) in [6, 6.07) is 0. The number of nitrogens with zero attached hydrogens (tertiary/aromatic N) is 6. The van der Waals surface area contributed by atoms with Crippen molar-refractivity contribution in [2.45, 2.75) is 337 Å². The fourth-order valence-corrected chi connectivity index (χ4v) is 11.5. The number of nitrogens with one attached hydrogen (secondary N) is 3. The van der Waals surface area contributed by atoms with Crippen LogP contribution < -0.4 is 16.0 Å². The minimum absolute atomic E-state index is 0.198. The summed E-state index contributed by atoms with van der Waals surface area (Å²) < 4.78 is 22.7. The van der Waals surface area contributed by atoms with Crippen LogP contribution in [0, 0.1) is 0 Å². The number of carbonyl (C=O) groups excluding carboxylic acids is 4. The average Bonchev–Trinajstić information content (AvgIpc) is 3.62. The monoisotopic (exact) mass is 1300 g/mol. The number of rotatable bonds is 72. The molecule has 0 aliphatic carbocycles. The SMILES string of the molecule is CCCCCCCCCCCCOC(=O)CCN(CCCNc1nc(NCCCN(CCC(=O)OCCCCCCCCCCCC)CCC(=O)OCCCCCCCCCCCC)nc(NCCN(CC)CC)n1)CCC(=O)OCCCCCCCCCCCC. The van der Waals surface area contributed by atoms with Gasteiger partial charge in [0.25, 0.3) is 0 Å². The van der Waals surface area contributed by atoms with Crippen molar-refractivity contribution in [2.24, 2.45) is 0 Å². The molecule has 0 aliphatic heterocycles. The highest BCUT2D eigenvalue weighted by molar-refractivity contribution is 5.71. The first-order valence-corrected chi connectivity index (χ1v) is 38.9. The zero-order valence-corrected chi connectivity index (χ0v) is 60.8. The molecule has 0 saturated heterocycles. The quantitative estimate of drug-likeness (QED) is 0.0317. The number of ether oxygens (including phenoxy) is 4. The maximum Gasteiger partial charge on any atom is 0.307 e. The van der Waals surface area contributed by atoms with Gasteiger partial charge >= 0.3 is 23.9 Å². The molecule has 1 rings (SSSR count). The van der Waals surface area contributed by atoms with Gasteiger partial charge in [0.2, 0.25) is 17.8 Å². The van der Waals surface area contributed by atoms with E-state index in [-0.39, 0.29) is 49.6 Å². The largest absolute Gasteiger partial charge is 0.466 e. The molecule has 1 heterocycles. The lowest BCUT2D eigenvalue weighted by atomic mass is 10.1. The summed E-state index contributed by atoms with van der Waals surface area (Å²) in [6.45, 7) is 23.0. The van der Waals surface area contributed by atoms with Crippen LogP contribution in [0.1, 0.15) is 337 Å². The zero-order valence-electron chi connectivity index (χ0n) is 60.8. The molecule has 0 bridgehead atoms. The van der Waals surface area contributed by atoms with E-state index in [1.165, 1.54) is 205 Å². The number of hydrogen-bond donors (Lipinski definition) is 3. The second-order valence-electron chi connectivity index (χ2n) is 26.1. The summed E-state index contributed by atoms with van der Waals surface area (Å²) in [5.74, 6) is 0.569. The molecule has 538 valence electrons. The van der Waals surface area contributed by atoms with Crippen LogP contribution in [-0.4, -0.2) is 158 Å². The van der Waals surface area contributed by atoms with Crippen LogP contribution >= 0.6 is 0 Å². The van der Waals surface area contributed by atoms with Crippen molar-refractivity contribution in [1.82, 2.24) is 29.7 Å². The highest BCUT2D eigenvalue weighted by atomic mass is 16.5. The summed E-state index contributed by atoms with van der Waals surface area (Å²) in [5, 5.41) is 10.3. The lowest BCUT2D eigenvalue weighted by Gasteiger charge is -2.22. The van der Waals surface area contributed by atoms with Gasteiger partial charge in [0.05, 0.1) is 52.1 Å². The van der Waals surface area contributed by atoms with E-state index in [0.717, 1.165) is 83.8 Å². The molecule has 0 fully saturated rings. The number of hydrogen-bond acceptors (Lipinski definition) is 17. The first-order valence-electron chi connectivity index (χ1n) is 38.9. The highest BCUT2D eigenvalue weighted by Gasteiger charge is 2.16. The number of aromatic nitrogens is 3. The summed E-state index contributed by atoms with van der Waals surface area (Å²) in [6.07, 6.45) is 51.6. The van der Waals surface area contributed by atoms with E-state index in [9.17, 15) is 19.2 Å². The predicted molar refractivity (Wildman–Crippen MR) is 385 cm³/mol. The molecule has 0 aliphatic rings. The Bertz CT molecular complexity index is 1620. The molecule has 0 atom stereocenters. The van der Waals surface area contributed by atoms with E-state index in [1.54, 1.807) is 0 Å². The van der Waals surface area contributed by atoms with Crippen molar-refractivity contribution >= 4 is 41.7 Å². The molecule has 92 heavy (non-hydrogen) atoms. The normalized spacial score (nSPS) is 11.5. The van der Waals surface area contributed by atoms with Crippen LogP contribution in [0.25, 0.3) is 0 Å². The average molecular weight is 1300 g/mol. The Hall–Kier alpha value is -3.83. The zero-order chi connectivity index (χ0) is 66.7. The van der Waals surface area contributed by atoms with Crippen LogP contribution in [0.3, 0.4) is 0 Å². The minimum atomic E-state index is -0.198. The van der Waals surface area contributed by atoms with Crippen molar-refractivity contribution in [3.63, 3.8) is 0 Å². The molecular weight excluding hydrogens is 1150 g/mol. The van der Waals surface area contributed by atoms with Gasteiger partial charge in [-0.25, -0.2) is 0 Å². The van der Waals surface area contributed by atoms with Crippen LogP contribution in [0.2, 0.25) is 0 Å². The third-order valence-corrected chi connectivity index (χ3v) is 17.7. The number of anilines is 3. The van der Waals surface area contributed by atoms with E-state index >= 15 is 0 Å². The van der Waals surface area contributed by atoms with Gasteiger partial charge in [0.1, 0.15) is 0 Å². The minimum Gasteiger partial charge on any atom is -0.466 e. The summed E-state index contributed by atoms with van der Waals surface area (Å²) in [4.78, 5) is 73.0. The molecule has 0 radical (unpaired) electrons. The van der Waals surface area contributed by atoms with Crippen LogP contribution in [0.5, 0.6) is 0 Å². The van der Waals surface area contributed by atoms with Gasteiger partial charge in [0, 0.05) is 52.4 Å². The maximum absolute atomic E-state index is 13.0. The molecule has 17 nitrogen and oxygen atoms in total. The van der Waals surface area contributed by atoms with E-state index in [1.807, 2.05) is 0 Å². The molecule has 0 spiro atoms. The Morgan fingerprint density at radius 2 is 0.478 bits per heavy atom. The Morgan fingerprint density at radius 3 is 0.707 bits per heavy atom. The highest BCUT2D eigenvalue weighted by Crippen LogP contribution is 2.17. The topological polar surface area (TPSA) is 190 Å². The van der Waals surface area contributed by atoms with Gasteiger partial charge in [0.15, 0.2) is 0 Å². The standard InChI is InChI=1S/C75H145N9O8/c1-7-13-17-21-25-29-33-37-41-45-65-89-69(85)51-60-83(61-52-70(86)90-66-46-42-38-34-30-26-22-18-14-8-2)58-49-55-76-73-79-74(81-75(80-73)78-57-64-82(11-5)12-6)77-56-50-59-84(62-53-71(87)91-67-47-43-39-35-31-27-23-19-15-9-3)63-54-72(88)92-68-48-44-40-36-32-28-24-20-16-10-4/h7-68H2,1-6H3,(H3,76,77,78,79,80,81). The van der Waals surface area contributed by atoms with E-state index in [0.29, 0.717) is 103 Å². The molecule has 0 aromatic carbocycles. The Balaban J connectivity index is 2.95. The lowest BCUT2D eigenvalue weighted by Crippen LogP contribution is -2.32. The second-order valence-corrected chi connectivity index (χ2v) is 26.1. The number of esters is 4. The molecule has 3 N–H and O–H groups in total. The molecule has 1 aromatic heterocycles. The molecule has 1 aromatic rings. The van der Waals surface area contributed by atoms with Gasteiger partial charge in [-0.3, -0.25) is 19.2 Å². The number of likely N-dealkylation sites (N-methyl/N-ethyl adjacent to an activating group) is 1. The summed E-state index contributed by atoms with van der Waals surface area (Å²) >= 11 is 0. The van der Waals surface area contributed by atoms with Crippen LogP contribution in [0.15, 0.2) is 0 Å². The Kier molecular flexibility index (Phi) is 62.9. The van der Waals surface area contributed by atoms with Gasteiger partial charge in [-0.1, -0.05) is 273 Å². The molecule has 0 unspecified atom stereocenters. The van der Waals surface area contributed by atoms with Gasteiger partial charge in [-0.05, 0) is 64.7 Å². The predicted octanol–water partition coefficient (Wildman–Crippen LogP) is 18.3. The Morgan fingerprint density at radius 1 is 0.261 bits per heavy atom. The molecule has 17 heteroatoms. The first-order chi connectivity index (χ1) is 45.2. The smallest absolute Gasteiger partial charge is 0.307 e. The first kappa shape index (κ1) is 86.2.